The second-order valence-electron chi connectivity index (χ2n) is 9.59. The Bertz CT molecular complexity index is 1900. The van der Waals surface area contributed by atoms with Gasteiger partial charge in [0.1, 0.15) is 0 Å². The molecular weight excluding hydrogens is 526 g/mol. The molecule has 0 radical (unpaired) electrons. The zero-order valence-electron chi connectivity index (χ0n) is 20.7. The summed E-state index contributed by atoms with van der Waals surface area (Å²) in [7, 11) is 0. The minimum atomic E-state index is 1.09. The summed E-state index contributed by atoms with van der Waals surface area (Å²) < 4.78 is 3.49. The number of hydrogen-bond acceptors (Lipinski definition) is 0. The first-order valence-electron chi connectivity index (χ1n) is 12.8. The average Bonchev–Trinajstić information content (AvgIpc) is 3.31. The van der Waals surface area contributed by atoms with Crippen molar-refractivity contribution in [2.24, 2.45) is 0 Å². The van der Waals surface area contributed by atoms with E-state index < -0.39 is 0 Å². The molecule has 0 spiro atoms. The van der Waals surface area contributed by atoms with Crippen molar-refractivity contribution in [3.05, 3.63) is 150 Å². The van der Waals surface area contributed by atoms with Crippen molar-refractivity contribution in [3.8, 4) is 39.1 Å². The summed E-state index contributed by atoms with van der Waals surface area (Å²) in [6.07, 6.45) is 0. The van der Waals surface area contributed by atoms with Gasteiger partial charge in [0.05, 0.1) is 11.0 Å². The van der Waals surface area contributed by atoms with Crippen LogP contribution in [0.15, 0.2) is 150 Å². The lowest BCUT2D eigenvalue weighted by Gasteiger charge is -2.10. The molecule has 0 aliphatic heterocycles. The number of aromatic nitrogens is 1. The summed E-state index contributed by atoms with van der Waals surface area (Å²) in [5.41, 5.74) is 10.9. The highest BCUT2D eigenvalue weighted by Crippen LogP contribution is 2.37. The molecule has 2 heteroatoms. The van der Waals surface area contributed by atoms with Gasteiger partial charge in [-0.1, -0.05) is 125 Å². The van der Waals surface area contributed by atoms with Crippen LogP contribution in [0, 0.1) is 0 Å². The van der Waals surface area contributed by atoms with Crippen LogP contribution >= 0.6 is 15.9 Å². The summed E-state index contributed by atoms with van der Waals surface area (Å²) >= 11 is 3.59. The molecule has 180 valence electrons. The van der Waals surface area contributed by atoms with Crippen LogP contribution in [0.25, 0.3) is 60.9 Å². The number of benzene rings is 6. The van der Waals surface area contributed by atoms with Crippen molar-refractivity contribution in [3.63, 3.8) is 0 Å². The third-order valence-electron chi connectivity index (χ3n) is 7.27. The van der Waals surface area contributed by atoms with Gasteiger partial charge in [-0.3, -0.25) is 0 Å². The molecule has 0 bridgehead atoms. The molecule has 0 atom stereocenters. The molecule has 0 N–H and O–H groups in total. The maximum Gasteiger partial charge on any atom is 0.0547 e. The Morgan fingerprint density at radius 1 is 0.368 bits per heavy atom. The molecule has 0 aliphatic carbocycles. The third kappa shape index (κ3) is 4.04. The topological polar surface area (TPSA) is 4.93 Å². The van der Waals surface area contributed by atoms with Gasteiger partial charge in [0, 0.05) is 20.9 Å². The van der Waals surface area contributed by atoms with E-state index in [0.29, 0.717) is 0 Å². The zero-order valence-corrected chi connectivity index (χ0v) is 22.3. The van der Waals surface area contributed by atoms with Crippen LogP contribution in [0.4, 0.5) is 0 Å². The molecule has 7 aromatic rings. The van der Waals surface area contributed by atoms with Gasteiger partial charge in [-0.25, -0.2) is 0 Å². The summed E-state index contributed by atoms with van der Waals surface area (Å²) in [5.74, 6) is 0. The molecule has 0 saturated carbocycles. The van der Waals surface area contributed by atoms with E-state index >= 15 is 0 Å². The zero-order chi connectivity index (χ0) is 25.5. The molecule has 1 nitrogen and oxygen atoms in total. The summed E-state index contributed by atoms with van der Waals surface area (Å²) in [4.78, 5) is 0. The second-order valence-corrected chi connectivity index (χ2v) is 10.5. The Morgan fingerprint density at radius 2 is 0.816 bits per heavy atom. The number of rotatable bonds is 4. The predicted octanol–water partition coefficient (Wildman–Crippen LogP) is 10.5. The molecule has 0 aliphatic rings. The number of halogens is 1. The third-order valence-corrected chi connectivity index (χ3v) is 7.76. The lowest BCUT2D eigenvalue weighted by atomic mass is 9.99. The number of fused-ring (bicyclic) bond motifs is 3. The maximum atomic E-state index is 3.59. The van der Waals surface area contributed by atoms with Crippen LogP contribution < -0.4 is 0 Å². The van der Waals surface area contributed by atoms with Crippen LogP contribution in [0.5, 0.6) is 0 Å². The molecule has 0 amide bonds. The lowest BCUT2D eigenvalue weighted by molar-refractivity contribution is 1.18. The van der Waals surface area contributed by atoms with Crippen molar-refractivity contribution >= 4 is 37.7 Å². The average molecular weight is 550 g/mol. The highest BCUT2D eigenvalue weighted by Gasteiger charge is 2.14. The van der Waals surface area contributed by atoms with Crippen LogP contribution in [0.2, 0.25) is 0 Å². The van der Waals surface area contributed by atoms with Crippen molar-refractivity contribution in [1.82, 2.24) is 4.57 Å². The van der Waals surface area contributed by atoms with Gasteiger partial charge in [0.25, 0.3) is 0 Å². The fourth-order valence-electron chi connectivity index (χ4n) is 5.39. The normalized spacial score (nSPS) is 11.3. The van der Waals surface area contributed by atoms with Crippen LogP contribution in [0.1, 0.15) is 0 Å². The van der Waals surface area contributed by atoms with Gasteiger partial charge in [-0.2, -0.15) is 0 Å². The van der Waals surface area contributed by atoms with Crippen molar-refractivity contribution in [1.29, 1.82) is 0 Å². The minimum Gasteiger partial charge on any atom is -0.309 e. The molecule has 0 saturated heterocycles. The van der Waals surface area contributed by atoms with Crippen LogP contribution in [-0.4, -0.2) is 4.57 Å². The largest absolute Gasteiger partial charge is 0.309 e. The highest BCUT2D eigenvalue weighted by molar-refractivity contribution is 9.10. The smallest absolute Gasteiger partial charge is 0.0547 e. The van der Waals surface area contributed by atoms with Crippen molar-refractivity contribution < 1.29 is 0 Å². The lowest BCUT2D eigenvalue weighted by Crippen LogP contribution is -1.93. The van der Waals surface area contributed by atoms with Gasteiger partial charge >= 0.3 is 0 Å². The fourth-order valence-corrected chi connectivity index (χ4v) is 5.79. The molecule has 7 rings (SSSR count). The van der Waals surface area contributed by atoms with E-state index in [-0.39, 0.29) is 0 Å². The molecule has 1 heterocycles. The number of nitrogens with zero attached hydrogens (tertiary/aromatic N) is 1. The van der Waals surface area contributed by atoms with E-state index in [9.17, 15) is 0 Å². The van der Waals surface area contributed by atoms with Crippen molar-refractivity contribution in [2.45, 2.75) is 0 Å². The second kappa shape index (κ2) is 9.48. The Morgan fingerprint density at radius 3 is 1.37 bits per heavy atom. The Hall–Kier alpha value is -4.40. The predicted molar refractivity (Wildman–Crippen MR) is 165 cm³/mol. The summed E-state index contributed by atoms with van der Waals surface area (Å²) in [6, 6.07) is 52.3. The van der Waals surface area contributed by atoms with Gasteiger partial charge in [0.15, 0.2) is 0 Å². The molecule has 6 aromatic carbocycles. The molecule has 1 aromatic heterocycles. The van der Waals surface area contributed by atoms with Gasteiger partial charge < -0.3 is 4.57 Å². The van der Waals surface area contributed by atoms with Gasteiger partial charge in [0.2, 0.25) is 0 Å². The molecule has 38 heavy (non-hydrogen) atoms. The monoisotopic (exact) mass is 549 g/mol. The van der Waals surface area contributed by atoms with E-state index in [1.165, 1.54) is 60.9 Å². The quantitative estimate of drug-likeness (QED) is 0.205. The first-order chi connectivity index (χ1) is 18.7. The van der Waals surface area contributed by atoms with Crippen LogP contribution in [0.3, 0.4) is 0 Å². The maximum absolute atomic E-state index is 3.59. The first-order valence-corrected chi connectivity index (χ1v) is 13.6. The minimum absolute atomic E-state index is 1.09. The highest BCUT2D eigenvalue weighted by atomic mass is 79.9. The molecule has 0 fully saturated rings. The SMILES string of the molecule is Brc1cccc(-c2ccc(-c3ccc4c5ccc(-c6ccccc6)cc5n(-c5ccccc5)c4c3)cc2)c1. The Labute approximate surface area is 230 Å². The Kier molecular flexibility index (Phi) is 5.68. The van der Waals surface area contributed by atoms with Crippen LogP contribution in [-0.2, 0) is 0 Å². The van der Waals surface area contributed by atoms with E-state index in [4.69, 9.17) is 0 Å². The Balaban J connectivity index is 1.40. The van der Waals surface area contributed by atoms with Gasteiger partial charge in [-0.05, 0) is 69.8 Å². The standard InChI is InChI=1S/C36H24BrN/c37-31-11-7-10-28(22-31)26-14-16-27(17-15-26)30-19-21-34-33-20-18-29(25-8-3-1-4-9-25)23-35(33)38(36(34)24-30)32-12-5-2-6-13-32/h1-24H. The summed E-state index contributed by atoms with van der Waals surface area (Å²) in [5, 5.41) is 2.53. The van der Waals surface area contributed by atoms with E-state index in [1.807, 2.05) is 0 Å². The first kappa shape index (κ1) is 22.8. The number of hydrogen-bond donors (Lipinski definition) is 0. The fraction of sp³-hybridized carbons (Fsp3) is 0. The van der Waals surface area contributed by atoms with Gasteiger partial charge in [-0.15, -0.1) is 0 Å². The number of para-hydroxylation sites is 1. The molecular formula is C36H24BrN. The van der Waals surface area contributed by atoms with E-state index in [2.05, 4.69) is 166 Å². The van der Waals surface area contributed by atoms with E-state index in [0.717, 1.165) is 4.47 Å². The van der Waals surface area contributed by atoms with E-state index in [1.54, 1.807) is 0 Å². The molecule has 0 unspecified atom stereocenters. The summed E-state index contributed by atoms with van der Waals surface area (Å²) in [6.45, 7) is 0. The van der Waals surface area contributed by atoms with Crippen molar-refractivity contribution in [2.75, 3.05) is 0 Å².